The van der Waals surface area contributed by atoms with E-state index in [-0.39, 0.29) is 11.7 Å². The predicted octanol–water partition coefficient (Wildman–Crippen LogP) is 3.17. The van der Waals surface area contributed by atoms with Crippen LogP contribution in [0.5, 0.6) is 0 Å². The molecular formula is C17H22N2OS. The van der Waals surface area contributed by atoms with E-state index in [4.69, 9.17) is 0 Å². The first-order chi connectivity index (χ1) is 10.1. The van der Waals surface area contributed by atoms with Crippen molar-refractivity contribution in [1.82, 2.24) is 10.2 Å². The fourth-order valence-electron chi connectivity index (χ4n) is 3.50. The number of hydrogen-bond donors (Lipinski definition) is 1. The molecule has 3 fully saturated rings. The zero-order valence-corrected chi connectivity index (χ0v) is 13.5. The van der Waals surface area contributed by atoms with E-state index in [1.54, 1.807) is 11.8 Å². The van der Waals surface area contributed by atoms with Crippen LogP contribution in [0.1, 0.15) is 44.3 Å². The monoisotopic (exact) mass is 302 g/mol. The van der Waals surface area contributed by atoms with Crippen molar-refractivity contribution in [2.75, 3.05) is 6.26 Å². The molecule has 4 rings (SSSR count). The molecule has 1 heterocycles. The third-order valence-corrected chi connectivity index (χ3v) is 6.00. The standard InChI is InChI=1S/C17H22N2OS/c1-11(12-3-4-12)19-15(18-17(9-10-17)16(19)20)13-5-7-14(21-2)8-6-13/h5-8,11-12,15,18H,3-4,9-10H2,1-2H3. The molecule has 2 aliphatic carbocycles. The van der Waals surface area contributed by atoms with E-state index >= 15 is 0 Å². The molecule has 21 heavy (non-hydrogen) atoms. The molecule has 3 aliphatic rings. The van der Waals surface area contributed by atoms with Gasteiger partial charge in [-0.3, -0.25) is 10.1 Å². The zero-order chi connectivity index (χ0) is 14.6. The number of thioether (sulfide) groups is 1. The van der Waals surface area contributed by atoms with Crippen molar-refractivity contribution in [3.05, 3.63) is 29.8 Å². The second-order valence-electron chi connectivity index (χ2n) is 6.69. The Bertz CT molecular complexity index is 563. The molecule has 3 nitrogen and oxygen atoms in total. The highest BCUT2D eigenvalue weighted by atomic mass is 32.2. The van der Waals surface area contributed by atoms with Gasteiger partial charge in [-0.2, -0.15) is 0 Å². The quantitative estimate of drug-likeness (QED) is 0.867. The average Bonchev–Trinajstić information content (AvgIpc) is 3.39. The molecule has 1 N–H and O–H groups in total. The number of benzene rings is 1. The molecule has 4 heteroatoms. The Balaban J connectivity index is 1.65. The van der Waals surface area contributed by atoms with E-state index in [1.807, 2.05) is 0 Å². The summed E-state index contributed by atoms with van der Waals surface area (Å²) in [5.41, 5.74) is 0.990. The summed E-state index contributed by atoms with van der Waals surface area (Å²) >= 11 is 1.75. The number of carbonyl (C=O) groups excluding carboxylic acids is 1. The molecule has 2 saturated carbocycles. The van der Waals surface area contributed by atoms with Crippen LogP contribution in [0.4, 0.5) is 0 Å². The second-order valence-corrected chi connectivity index (χ2v) is 7.57. The molecule has 112 valence electrons. The number of nitrogens with zero attached hydrogens (tertiary/aromatic N) is 1. The molecule has 1 aliphatic heterocycles. The van der Waals surface area contributed by atoms with Crippen molar-refractivity contribution in [3.8, 4) is 0 Å². The van der Waals surface area contributed by atoms with Gasteiger partial charge in [-0.25, -0.2) is 0 Å². The minimum Gasteiger partial charge on any atom is -0.318 e. The van der Waals surface area contributed by atoms with Gasteiger partial charge in [-0.1, -0.05) is 12.1 Å². The van der Waals surface area contributed by atoms with Gasteiger partial charge in [0.05, 0.1) is 0 Å². The minimum absolute atomic E-state index is 0.0616. The first-order valence-corrected chi connectivity index (χ1v) is 9.11. The first kappa shape index (κ1) is 13.6. The Hall–Kier alpha value is -1.00. The fourth-order valence-corrected chi connectivity index (χ4v) is 3.90. The lowest BCUT2D eigenvalue weighted by molar-refractivity contribution is -0.133. The van der Waals surface area contributed by atoms with Gasteiger partial charge in [0, 0.05) is 10.9 Å². The molecular weight excluding hydrogens is 280 g/mol. The summed E-state index contributed by atoms with van der Waals surface area (Å²) in [4.78, 5) is 16.2. The van der Waals surface area contributed by atoms with E-state index in [2.05, 4.69) is 47.7 Å². The van der Waals surface area contributed by atoms with Gasteiger partial charge < -0.3 is 4.90 Å². The largest absolute Gasteiger partial charge is 0.318 e. The van der Waals surface area contributed by atoms with Crippen molar-refractivity contribution < 1.29 is 4.79 Å². The highest BCUT2D eigenvalue weighted by Crippen LogP contribution is 2.49. The van der Waals surface area contributed by atoms with Crippen LogP contribution in [0.3, 0.4) is 0 Å². The van der Waals surface area contributed by atoms with Crippen LogP contribution in [-0.2, 0) is 4.79 Å². The summed E-state index contributed by atoms with van der Waals surface area (Å²) in [5, 5.41) is 3.63. The molecule has 1 aromatic rings. The molecule has 0 aromatic heterocycles. The third kappa shape index (κ3) is 2.20. The van der Waals surface area contributed by atoms with Crippen LogP contribution in [-0.4, -0.2) is 28.6 Å². The fraction of sp³-hybridized carbons (Fsp3) is 0.588. The van der Waals surface area contributed by atoms with Crippen molar-refractivity contribution in [2.45, 2.75) is 55.2 Å². The lowest BCUT2D eigenvalue weighted by Crippen LogP contribution is -2.40. The van der Waals surface area contributed by atoms with Crippen LogP contribution in [0.2, 0.25) is 0 Å². The summed E-state index contributed by atoms with van der Waals surface area (Å²) in [6.07, 6.45) is 6.70. The number of hydrogen-bond acceptors (Lipinski definition) is 3. The average molecular weight is 302 g/mol. The van der Waals surface area contributed by atoms with Gasteiger partial charge in [0.15, 0.2) is 0 Å². The lowest BCUT2D eigenvalue weighted by Gasteiger charge is -2.31. The van der Waals surface area contributed by atoms with Gasteiger partial charge in [-0.05, 0) is 62.5 Å². The third-order valence-electron chi connectivity index (χ3n) is 5.26. The van der Waals surface area contributed by atoms with Crippen molar-refractivity contribution in [3.63, 3.8) is 0 Å². The van der Waals surface area contributed by atoms with Crippen molar-refractivity contribution in [1.29, 1.82) is 0 Å². The summed E-state index contributed by atoms with van der Waals surface area (Å²) in [6, 6.07) is 9.01. The van der Waals surface area contributed by atoms with Crippen molar-refractivity contribution >= 4 is 17.7 Å². The predicted molar refractivity (Wildman–Crippen MR) is 85.1 cm³/mol. The maximum Gasteiger partial charge on any atom is 0.244 e. The Morgan fingerprint density at radius 2 is 1.95 bits per heavy atom. The topological polar surface area (TPSA) is 32.3 Å². The SMILES string of the molecule is CSc1ccc(C2NC3(CC3)C(=O)N2C(C)C2CC2)cc1. The van der Waals surface area contributed by atoms with Crippen LogP contribution in [0, 0.1) is 5.92 Å². The highest BCUT2D eigenvalue weighted by Gasteiger charge is 2.61. The summed E-state index contributed by atoms with van der Waals surface area (Å²) in [6.45, 7) is 2.22. The number of amides is 1. The maximum absolute atomic E-state index is 12.8. The van der Waals surface area contributed by atoms with E-state index in [9.17, 15) is 4.79 Å². The van der Waals surface area contributed by atoms with Crippen LogP contribution < -0.4 is 5.32 Å². The summed E-state index contributed by atoms with van der Waals surface area (Å²) in [7, 11) is 0. The highest BCUT2D eigenvalue weighted by molar-refractivity contribution is 7.98. The molecule has 1 amide bonds. The molecule has 0 radical (unpaired) electrons. The van der Waals surface area contributed by atoms with Gasteiger partial charge in [0.1, 0.15) is 11.7 Å². The Morgan fingerprint density at radius 1 is 1.29 bits per heavy atom. The molecule has 1 saturated heterocycles. The van der Waals surface area contributed by atoms with Gasteiger partial charge in [0.2, 0.25) is 5.91 Å². The van der Waals surface area contributed by atoms with E-state index in [0.717, 1.165) is 12.8 Å². The smallest absolute Gasteiger partial charge is 0.244 e. The second kappa shape index (κ2) is 4.75. The zero-order valence-electron chi connectivity index (χ0n) is 12.6. The number of carbonyl (C=O) groups is 1. The first-order valence-electron chi connectivity index (χ1n) is 7.89. The molecule has 1 spiro atoms. The minimum atomic E-state index is -0.230. The molecule has 0 bridgehead atoms. The molecule has 2 atom stereocenters. The van der Waals surface area contributed by atoms with Crippen LogP contribution in [0.15, 0.2) is 29.2 Å². The van der Waals surface area contributed by atoms with Crippen molar-refractivity contribution in [2.24, 2.45) is 5.92 Å². The van der Waals surface area contributed by atoms with E-state index in [1.165, 1.54) is 23.3 Å². The van der Waals surface area contributed by atoms with E-state index in [0.29, 0.717) is 17.9 Å². The Kier molecular flexibility index (Phi) is 3.09. The van der Waals surface area contributed by atoms with Crippen LogP contribution >= 0.6 is 11.8 Å². The molecule has 1 aromatic carbocycles. The maximum atomic E-state index is 12.8. The summed E-state index contributed by atoms with van der Waals surface area (Å²) in [5.74, 6) is 1.04. The van der Waals surface area contributed by atoms with Gasteiger partial charge in [0.25, 0.3) is 0 Å². The number of rotatable bonds is 4. The number of nitrogens with one attached hydrogen (secondary N) is 1. The van der Waals surface area contributed by atoms with Gasteiger partial charge >= 0.3 is 0 Å². The van der Waals surface area contributed by atoms with Crippen LogP contribution in [0.25, 0.3) is 0 Å². The Labute approximate surface area is 130 Å². The van der Waals surface area contributed by atoms with E-state index < -0.39 is 0 Å². The normalized spacial score (nSPS) is 28.2. The summed E-state index contributed by atoms with van der Waals surface area (Å²) < 4.78 is 0. The van der Waals surface area contributed by atoms with Gasteiger partial charge in [-0.15, -0.1) is 11.8 Å². The lowest BCUT2D eigenvalue weighted by atomic mass is 10.1. The molecule has 2 unspecified atom stereocenters. The Morgan fingerprint density at radius 3 is 2.48 bits per heavy atom.